The fourth-order valence-corrected chi connectivity index (χ4v) is 4.96. The molecule has 4 aromatic carbocycles. The lowest BCUT2D eigenvalue weighted by Gasteiger charge is -2.14. The molecule has 1 aliphatic heterocycles. The number of nitrogens with one attached hydrogen (secondary N) is 1. The van der Waals surface area contributed by atoms with E-state index < -0.39 is 11.2 Å². The van der Waals surface area contributed by atoms with Gasteiger partial charge in [-0.25, -0.2) is 0 Å². The maximum Gasteiger partial charge on any atom is 0.244 e. The largest absolute Gasteiger partial charge is 0.454 e. The van der Waals surface area contributed by atoms with E-state index in [1.54, 1.807) is 28.8 Å². The van der Waals surface area contributed by atoms with Crippen molar-refractivity contribution in [3.8, 4) is 11.5 Å². The first-order chi connectivity index (χ1) is 19.0. The smallest absolute Gasteiger partial charge is 0.244 e. The summed E-state index contributed by atoms with van der Waals surface area (Å²) in [5.74, 6) is 0.213. The Morgan fingerprint density at radius 3 is 2.41 bits per heavy atom. The molecule has 0 fully saturated rings. The van der Waals surface area contributed by atoms with Gasteiger partial charge >= 0.3 is 0 Å². The fraction of sp³-hybridized carbons (Fsp3) is 0.156. The van der Waals surface area contributed by atoms with Gasteiger partial charge in [-0.05, 0) is 47.0 Å². The number of ketones is 1. The predicted octanol–water partition coefficient (Wildman–Crippen LogP) is 5.71. The third-order valence-corrected chi connectivity index (χ3v) is 6.92. The molecule has 1 N–H and O–H groups in total. The quantitative estimate of drug-likeness (QED) is 0.279. The zero-order chi connectivity index (χ0) is 26.9. The van der Waals surface area contributed by atoms with E-state index >= 15 is 0 Å². The number of carbonyl (C=O) groups excluding carboxylic acids is 2. The molecule has 0 bridgehead atoms. The Morgan fingerprint density at radius 2 is 1.64 bits per heavy atom. The van der Waals surface area contributed by atoms with Gasteiger partial charge in [-0.1, -0.05) is 61.9 Å². The van der Waals surface area contributed by atoms with Crippen molar-refractivity contribution in [2.24, 2.45) is 0 Å². The number of pyridine rings is 1. The second-order valence-corrected chi connectivity index (χ2v) is 9.61. The number of hydrogen-bond acceptors (Lipinski definition) is 5. The summed E-state index contributed by atoms with van der Waals surface area (Å²) in [6.45, 7) is 2.05. The van der Waals surface area contributed by atoms with Gasteiger partial charge in [-0.3, -0.25) is 14.4 Å². The fourth-order valence-electron chi connectivity index (χ4n) is 4.96. The van der Waals surface area contributed by atoms with Crippen LogP contribution in [0.25, 0.3) is 21.7 Å². The molecule has 6 rings (SSSR count). The molecule has 1 amide bonds. The van der Waals surface area contributed by atoms with E-state index in [1.165, 1.54) is 11.8 Å². The maximum absolute atomic E-state index is 13.6. The SMILES string of the molecule is CCCc1ccc(NC(=O)Cn2cc(C(=O)c3ccc4ccccc4c3)c(=O)c3cc4c(cc32)OCO4)cc1. The molecule has 1 aliphatic rings. The average molecular weight is 519 g/mol. The van der Waals surface area contributed by atoms with E-state index in [1.807, 2.05) is 54.6 Å². The van der Waals surface area contributed by atoms with Crippen LogP contribution in [0.1, 0.15) is 34.8 Å². The number of hydrogen-bond donors (Lipinski definition) is 1. The molecule has 0 atom stereocenters. The second-order valence-electron chi connectivity index (χ2n) is 9.61. The Labute approximate surface area is 224 Å². The van der Waals surface area contributed by atoms with E-state index in [9.17, 15) is 14.4 Å². The normalized spacial score (nSPS) is 12.1. The maximum atomic E-state index is 13.6. The summed E-state index contributed by atoms with van der Waals surface area (Å²) in [6, 6.07) is 24.1. The zero-order valence-corrected chi connectivity index (χ0v) is 21.4. The summed E-state index contributed by atoms with van der Waals surface area (Å²) in [7, 11) is 0. The molecule has 39 heavy (non-hydrogen) atoms. The van der Waals surface area contributed by atoms with E-state index in [0.717, 1.165) is 23.6 Å². The summed E-state index contributed by atoms with van der Waals surface area (Å²) in [4.78, 5) is 40.3. The highest BCUT2D eigenvalue weighted by Gasteiger charge is 2.22. The molecule has 0 saturated carbocycles. The van der Waals surface area contributed by atoms with E-state index in [-0.39, 0.29) is 30.2 Å². The first-order valence-electron chi connectivity index (χ1n) is 12.9. The van der Waals surface area contributed by atoms with Crippen LogP contribution in [0.4, 0.5) is 5.69 Å². The van der Waals surface area contributed by atoms with Crippen LogP contribution in [0.15, 0.2) is 89.9 Å². The van der Waals surface area contributed by atoms with Crippen LogP contribution in [-0.2, 0) is 17.8 Å². The third-order valence-electron chi connectivity index (χ3n) is 6.92. The number of rotatable bonds is 7. The standard InChI is InChI=1S/C32H26N2O5/c1-2-5-20-8-12-24(13-9-20)33-30(35)18-34-17-26(31(36)23-11-10-21-6-3-4-7-22(21)14-23)32(37)25-15-28-29(16-27(25)34)39-19-38-28/h3-4,6-17H,2,5,18-19H2,1H3,(H,33,35). The number of aromatic nitrogens is 1. The van der Waals surface area contributed by atoms with Gasteiger partial charge in [0.15, 0.2) is 17.3 Å². The number of nitrogens with zero attached hydrogens (tertiary/aromatic N) is 1. The first-order valence-corrected chi connectivity index (χ1v) is 12.9. The lowest BCUT2D eigenvalue weighted by atomic mass is 9.99. The molecule has 0 spiro atoms. The number of fused-ring (bicyclic) bond motifs is 3. The molecular formula is C32H26N2O5. The predicted molar refractivity (Wildman–Crippen MR) is 151 cm³/mol. The van der Waals surface area contributed by atoms with Crippen molar-refractivity contribution < 1.29 is 19.1 Å². The monoisotopic (exact) mass is 518 g/mol. The minimum atomic E-state index is -0.426. The number of benzene rings is 4. The number of anilines is 1. The molecule has 7 heteroatoms. The van der Waals surface area contributed by atoms with Crippen LogP contribution in [0.3, 0.4) is 0 Å². The van der Waals surface area contributed by atoms with Crippen LogP contribution in [0, 0.1) is 0 Å². The molecule has 0 aliphatic carbocycles. The highest BCUT2D eigenvalue weighted by atomic mass is 16.7. The molecule has 2 heterocycles. The molecule has 0 unspecified atom stereocenters. The summed E-state index contributed by atoms with van der Waals surface area (Å²) < 4.78 is 12.6. The van der Waals surface area contributed by atoms with Gasteiger partial charge in [0.25, 0.3) is 0 Å². The van der Waals surface area contributed by atoms with Gasteiger partial charge in [0, 0.05) is 23.5 Å². The molecule has 194 valence electrons. The molecule has 7 nitrogen and oxygen atoms in total. The molecular weight excluding hydrogens is 492 g/mol. The zero-order valence-electron chi connectivity index (χ0n) is 21.4. The van der Waals surface area contributed by atoms with Crippen molar-refractivity contribution in [2.75, 3.05) is 12.1 Å². The Bertz CT molecular complexity index is 1800. The van der Waals surface area contributed by atoms with Gasteiger partial charge < -0.3 is 19.4 Å². The summed E-state index contributed by atoms with van der Waals surface area (Å²) in [5, 5.41) is 5.09. The van der Waals surface area contributed by atoms with Crippen molar-refractivity contribution >= 4 is 39.1 Å². The van der Waals surface area contributed by atoms with Crippen molar-refractivity contribution in [1.29, 1.82) is 0 Å². The molecule has 0 saturated heterocycles. The van der Waals surface area contributed by atoms with Crippen molar-refractivity contribution in [3.05, 3.63) is 112 Å². The van der Waals surface area contributed by atoms with Crippen LogP contribution in [0.2, 0.25) is 0 Å². The topological polar surface area (TPSA) is 86.6 Å². The van der Waals surface area contributed by atoms with Crippen LogP contribution < -0.4 is 20.2 Å². The number of aryl methyl sites for hydroxylation is 1. The Hall–Kier alpha value is -4.91. The van der Waals surface area contributed by atoms with Crippen molar-refractivity contribution in [2.45, 2.75) is 26.3 Å². The van der Waals surface area contributed by atoms with E-state index in [2.05, 4.69) is 12.2 Å². The van der Waals surface area contributed by atoms with E-state index in [4.69, 9.17) is 9.47 Å². The lowest BCUT2D eigenvalue weighted by molar-refractivity contribution is -0.116. The van der Waals surface area contributed by atoms with Crippen molar-refractivity contribution in [1.82, 2.24) is 4.57 Å². The van der Waals surface area contributed by atoms with Gasteiger partial charge in [0.1, 0.15) is 6.54 Å². The van der Waals surface area contributed by atoms with E-state index in [0.29, 0.717) is 28.3 Å². The average Bonchev–Trinajstić information content (AvgIpc) is 3.42. The Kier molecular flexibility index (Phi) is 6.32. The molecule has 1 aromatic heterocycles. The van der Waals surface area contributed by atoms with Gasteiger partial charge in [0.05, 0.1) is 16.5 Å². The Morgan fingerprint density at radius 1 is 0.897 bits per heavy atom. The Balaban J connectivity index is 1.39. The first kappa shape index (κ1) is 24.4. The van der Waals surface area contributed by atoms with Gasteiger partial charge in [-0.15, -0.1) is 0 Å². The minimum Gasteiger partial charge on any atom is -0.454 e. The molecule has 5 aromatic rings. The third kappa shape index (κ3) is 4.75. The summed E-state index contributed by atoms with van der Waals surface area (Å²) in [6.07, 6.45) is 3.49. The van der Waals surface area contributed by atoms with Gasteiger partial charge in [0.2, 0.25) is 18.1 Å². The highest BCUT2D eigenvalue weighted by Crippen LogP contribution is 2.35. The lowest BCUT2D eigenvalue weighted by Crippen LogP contribution is -2.24. The van der Waals surface area contributed by atoms with Crippen LogP contribution in [0.5, 0.6) is 11.5 Å². The van der Waals surface area contributed by atoms with Crippen LogP contribution >= 0.6 is 0 Å². The second kappa shape index (κ2) is 10.1. The van der Waals surface area contributed by atoms with Gasteiger partial charge in [-0.2, -0.15) is 0 Å². The number of ether oxygens (including phenoxy) is 2. The number of carbonyl (C=O) groups is 2. The highest BCUT2D eigenvalue weighted by molar-refractivity contribution is 6.11. The summed E-state index contributed by atoms with van der Waals surface area (Å²) in [5.41, 5.74) is 2.31. The number of amides is 1. The summed E-state index contributed by atoms with van der Waals surface area (Å²) >= 11 is 0. The van der Waals surface area contributed by atoms with Crippen LogP contribution in [-0.4, -0.2) is 23.1 Å². The molecule has 0 radical (unpaired) electrons. The van der Waals surface area contributed by atoms with Crippen molar-refractivity contribution in [3.63, 3.8) is 0 Å². The minimum absolute atomic E-state index is 0.0200.